The van der Waals surface area contributed by atoms with E-state index in [-0.39, 0.29) is 11.3 Å². The maximum atomic E-state index is 12.2. The molecule has 1 amide bonds. The Bertz CT molecular complexity index is 734. The van der Waals surface area contributed by atoms with Crippen molar-refractivity contribution in [2.75, 3.05) is 5.32 Å². The standard InChI is InChI=1S/C14H10ClIN2O3/c1-8-4-9(6-11(5-8)18(20)21)14(19)17-13-3-2-10(15)7-12(13)16/h2-7H,1H3,(H,17,19). The second-order valence-electron chi connectivity index (χ2n) is 4.39. The molecular formula is C14H10ClIN2O3. The van der Waals surface area contributed by atoms with Gasteiger partial charge in [-0.05, 0) is 59.3 Å². The molecule has 0 saturated carbocycles. The van der Waals surface area contributed by atoms with Gasteiger partial charge in [0.15, 0.2) is 0 Å². The van der Waals surface area contributed by atoms with Crippen LogP contribution in [-0.4, -0.2) is 10.8 Å². The first-order valence-electron chi connectivity index (χ1n) is 5.89. The Morgan fingerprint density at radius 2 is 2.00 bits per heavy atom. The number of benzene rings is 2. The molecule has 108 valence electrons. The summed E-state index contributed by atoms with van der Waals surface area (Å²) in [6, 6.07) is 9.35. The molecule has 0 saturated heterocycles. The van der Waals surface area contributed by atoms with Crippen molar-refractivity contribution in [3.05, 3.63) is 66.2 Å². The Labute approximate surface area is 139 Å². The molecule has 0 atom stereocenters. The van der Waals surface area contributed by atoms with Gasteiger partial charge in [-0.15, -0.1) is 0 Å². The third kappa shape index (κ3) is 3.92. The summed E-state index contributed by atoms with van der Waals surface area (Å²) in [5.74, 6) is -0.401. The molecule has 1 N–H and O–H groups in total. The zero-order chi connectivity index (χ0) is 15.6. The van der Waals surface area contributed by atoms with Crippen molar-refractivity contribution < 1.29 is 9.72 Å². The van der Waals surface area contributed by atoms with Crippen LogP contribution >= 0.6 is 34.2 Å². The van der Waals surface area contributed by atoms with E-state index in [1.807, 2.05) is 0 Å². The van der Waals surface area contributed by atoms with Crippen molar-refractivity contribution in [1.82, 2.24) is 0 Å². The van der Waals surface area contributed by atoms with Crippen LogP contribution in [0.1, 0.15) is 15.9 Å². The molecule has 2 aromatic rings. The molecule has 21 heavy (non-hydrogen) atoms. The number of carbonyl (C=O) groups is 1. The fraction of sp³-hybridized carbons (Fsp3) is 0.0714. The van der Waals surface area contributed by atoms with Gasteiger partial charge < -0.3 is 5.32 Å². The van der Waals surface area contributed by atoms with E-state index >= 15 is 0 Å². The van der Waals surface area contributed by atoms with Crippen molar-refractivity contribution in [2.24, 2.45) is 0 Å². The molecule has 0 bridgehead atoms. The second kappa shape index (κ2) is 6.40. The molecule has 0 aliphatic heterocycles. The first-order chi connectivity index (χ1) is 9.86. The van der Waals surface area contributed by atoms with Crippen molar-refractivity contribution >= 4 is 51.5 Å². The molecule has 0 spiro atoms. The highest BCUT2D eigenvalue weighted by molar-refractivity contribution is 14.1. The van der Waals surface area contributed by atoms with Gasteiger partial charge in [0.1, 0.15) is 0 Å². The van der Waals surface area contributed by atoms with Crippen LogP contribution in [0.15, 0.2) is 36.4 Å². The molecule has 2 rings (SSSR count). The molecule has 0 unspecified atom stereocenters. The maximum absolute atomic E-state index is 12.2. The molecule has 0 heterocycles. The lowest BCUT2D eigenvalue weighted by Crippen LogP contribution is -2.13. The Balaban J connectivity index is 2.30. The minimum atomic E-state index is -0.518. The quantitative estimate of drug-likeness (QED) is 0.457. The predicted molar refractivity (Wildman–Crippen MR) is 90.0 cm³/mol. The van der Waals surface area contributed by atoms with Gasteiger partial charge in [-0.1, -0.05) is 11.6 Å². The summed E-state index contributed by atoms with van der Waals surface area (Å²) in [5.41, 5.74) is 1.40. The number of aryl methyl sites for hydroxylation is 1. The van der Waals surface area contributed by atoms with Crippen LogP contribution in [0.25, 0.3) is 0 Å². The van der Waals surface area contributed by atoms with Gasteiger partial charge >= 0.3 is 0 Å². The van der Waals surface area contributed by atoms with Crippen molar-refractivity contribution in [3.63, 3.8) is 0 Å². The van der Waals surface area contributed by atoms with Crippen molar-refractivity contribution in [3.8, 4) is 0 Å². The summed E-state index contributed by atoms with van der Waals surface area (Å²) in [6.45, 7) is 1.70. The first-order valence-corrected chi connectivity index (χ1v) is 7.35. The third-order valence-corrected chi connectivity index (χ3v) is 3.84. The van der Waals surface area contributed by atoms with Crippen LogP contribution in [0.2, 0.25) is 5.02 Å². The van der Waals surface area contributed by atoms with E-state index < -0.39 is 10.8 Å². The van der Waals surface area contributed by atoms with Crippen molar-refractivity contribution in [2.45, 2.75) is 6.92 Å². The Morgan fingerprint density at radius 1 is 1.29 bits per heavy atom. The molecule has 2 aromatic carbocycles. The highest BCUT2D eigenvalue weighted by Crippen LogP contribution is 2.24. The number of anilines is 1. The van der Waals surface area contributed by atoms with Crippen LogP contribution in [0.5, 0.6) is 0 Å². The van der Waals surface area contributed by atoms with E-state index in [1.165, 1.54) is 12.1 Å². The van der Waals surface area contributed by atoms with Crippen LogP contribution < -0.4 is 5.32 Å². The smallest absolute Gasteiger partial charge is 0.270 e. The molecule has 7 heteroatoms. The molecule has 0 aliphatic carbocycles. The summed E-state index contributed by atoms with van der Waals surface area (Å²) >= 11 is 7.91. The number of non-ortho nitro benzene ring substituents is 1. The normalized spacial score (nSPS) is 10.2. The lowest BCUT2D eigenvalue weighted by atomic mass is 10.1. The van der Waals surface area contributed by atoms with E-state index in [9.17, 15) is 14.9 Å². The fourth-order valence-electron chi connectivity index (χ4n) is 1.78. The van der Waals surface area contributed by atoms with Gasteiger partial charge in [0, 0.05) is 26.3 Å². The summed E-state index contributed by atoms with van der Waals surface area (Å²) in [6.07, 6.45) is 0. The maximum Gasteiger partial charge on any atom is 0.270 e. The van der Waals surface area contributed by atoms with Gasteiger partial charge in [0.2, 0.25) is 0 Å². The molecule has 0 aromatic heterocycles. The van der Waals surface area contributed by atoms with E-state index in [0.717, 1.165) is 3.57 Å². The van der Waals surface area contributed by atoms with E-state index in [2.05, 4.69) is 27.9 Å². The Hall–Kier alpha value is -1.67. The average Bonchev–Trinajstić information content (AvgIpc) is 2.41. The number of nitrogens with one attached hydrogen (secondary N) is 1. The number of halogens is 2. The lowest BCUT2D eigenvalue weighted by Gasteiger charge is -2.08. The van der Waals surface area contributed by atoms with Gasteiger partial charge in [0.25, 0.3) is 11.6 Å². The second-order valence-corrected chi connectivity index (χ2v) is 5.99. The monoisotopic (exact) mass is 416 g/mol. The lowest BCUT2D eigenvalue weighted by molar-refractivity contribution is -0.384. The SMILES string of the molecule is Cc1cc(C(=O)Nc2ccc(Cl)cc2I)cc([N+](=O)[O-])c1. The third-order valence-electron chi connectivity index (χ3n) is 2.71. The minimum Gasteiger partial charge on any atom is -0.321 e. The number of rotatable bonds is 3. The summed E-state index contributed by atoms with van der Waals surface area (Å²) in [7, 11) is 0. The first kappa shape index (κ1) is 15.7. The van der Waals surface area contributed by atoms with Gasteiger partial charge in [-0.2, -0.15) is 0 Å². The number of carbonyl (C=O) groups excluding carboxylic acids is 1. The average molecular weight is 417 g/mol. The number of nitro benzene ring substituents is 1. The highest BCUT2D eigenvalue weighted by Gasteiger charge is 2.14. The summed E-state index contributed by atoms with van der Waals surface area (Å²) < 4.78 is 0.788. The Kier molecular flexibility index (Phi) is 4.79. The zero-order valence-electron chi connectivity index (χ0n) is 10.9. The molecule has 0 fully saturated rings. The number of amides is 1. The molecule has 0 radical (unpaired) electrons. The number of hydrogen-bond acceptors (Lipinski definition) is 3. The fourth-order valence-corrected chi connectivity index (χ4v) is 2.79. The van der Waals surface area contributed by atoms with Crippen LogP contribution in [0, 0.1) is 20.6 Å². The van der Waals surface area contributed by atoms with E-state index in [0.29, 0.717) is 16.3 Å². The molecule has 5 nitrogen and oxygen atoms in total. The van der Waals surface area contributed by atoms with Crippen LogP contribution in [0.4, 0.5) is 11.4 Å². The molecular weight excluding hydrogens is 407 g/mol. The Morgan fingerprint density at radius 3 is 2.62 bits per heavy atom. The number of nitro groups is 1. The van der Waals surface area contributed by atoms with Crippen LogP contribution in [-0.2, 0) is 0 Å². The van der Waals surface area contributed by atoms with Gasteiger partial charge in [-0.25, -0.2) is 0 Å². The number of nitrogens with zero attached hydrogens (tertiary/aromatic N) is 1. The van der Waals surface area contributed by atoms with E-state index in [1.54, 1.807) is 31.2 Å². The van der Waals surface area contributed by atoms with Gasteiger partial charge in [-0.3, -0.25) is 14.9 Å². The minimum absolute atomic E-state index is 0.106. The van der Waals surface area contributed by atoms with E-state index in [4.69, 9.17) is 11.6 Å². The number of hydrogen-bond donors (Lipinski definition) is 1. The van der Waals surface area contributed by atoms with Crippen LogP contribution in [0.3, 0.4) is 0 Å². The van der Waals surface area contributed by atoms with Gasteiger partial charge in [0.05, 0.1) is 10.6 Å². The topological polar surface area (TPSA) is 72.2 Å². The largest absolute Gasteiger partial charge is 0.321 e. The van der Waals surface area contributed by atoms with Crippen molar-refractivity contribution in [1.29, 1.82) is 0 Å². The predicted octanol–water partition coefficient (Wildman–Crippen LogP) is 4.41. The summed E-state index contributed by atoms with van der Waals surface area (Å²) in [5, 5.41) is 14.1. The highest BCUT2D eigenvalue weighted by atomic mass is 127. The molecule has 0 aliphatic rings. The zero-order valence-corrected chi connectivity index (χ0v) is 13.8. The summed E-state index contributed by atoms with van der Waals surface area (Å²) in [4.78, 5) is 22.5.